The first kappa shape index (κ1) is 18.6. The van der Waals surface area contributed by atoms with Crippen molar-refractivity contribution in [2.45, 2.75) is 72.8 Å². The van der Waals surface area contributed by atoms with Gasteiger partial charge in [0.1, 0.15) is 0 Å². The van der Waals surface area contributed by atoms with Gasteiger partial charge in [0.25, 0.3) is 0 Å². The number of aliphatic hydroxyl groups excluding tert-OH is 1. The Balaban J connectivity index is 2.08. The maximum absolute atomic E-state index is 12.9. The van der Waals surface area contributed by atoms with Crippen molar-refractivity contribution in [2.24, 2.45) is 28.1 Å². The zero-order valence-electron chi connectivity index (χ0n) is 16.4. The second-order valence-corrected chi connectivity index (χ2v) is 9.56. The summed E-state index contributed by atoms with van der Waals surface area (Å²) in [7, 11) is 1.37. The van der Waals surface area contributed by atoms with E-state index in [1.165, 1.54) is 7.11 Å². The Bertz CT molecular complexity index is 646. The molecule has 3 rings (SSSR count). The fourth-order valence-electron chi connectivity index (χ4n) is 6.80. The molecule has 0 aromatic carbocycles. The van der Waals surface area contributed by atoms with E-state index in [0.717, 1.165) is 25.7 Å². The zero-order valence-corrected chi connectivity index (χ0v) is 16.4. The molecule has 0 aromatic heterocycles. The summed E-state index contributed by atoms with van der Waals surface area (Å²) in [5.74, 6) is 0.345. The van der Waals surface area contributed by atoms with E-state index in [2.05, 4.69) is 27.7 Å². The largest absolute Gasteiger partial charge is 0.466 e. The third-order valence-electron chi connectivity index (χ3n) is 8.13. The number of methoxy groups -OCH3 is 1. The van der Waals surface area contributed by atoms with Crippen LogP contribution in [0.2, 0.25) is 0 Å². The summed E-state index contributed by atoms with van der Waals surface area (Å²) in [4.78, 5) is 25.0. The van der Waals surface area contributed by atoms with Crippen LogP contribution in [0.15, 0.2) is 11.1 Å². The van der Waals surface area contributed by atoms with Crippen LogP contribution in [0.25, 0.3) is 0 Å². The third kappa shape index (κ3) is 2.36. The predicted octanol–water partition coefficient (Wildman–Crippen LogP) is 3.67. The minimum atomic E-state index is -0.392. The second-order valence-electron chi connectivity index (χ2n) is 9.56. The van der Waals surface area contributed by atoms with Crippen LogP contribution in [0.1, 0.15) is 66.7 Å². The molecule has 3 aliphatic rings. The van der Waals surface area contributed by atoms with Crippen molar-refractivity contribution in [1.29, 1.82) is 0 Å². The van der Waals surface area contributed by atoms with Gasteiger partial charge < -0.3 is 9.84 Å². The number of allylic oxidation sites excluding steroid dienone is 1. The Morgan fingerprint density at radius 2 is 1.76 bits per heavy atom. The zero-order chi connectivity index (χ0) is 18.8. The van der Waals surface area contributed by atoms with Gasteiger partial charge in [-0.25, -0.2) is 4.79 Å². The van der Waals surface area contributed by atoms with Gasteiger partial charge in [0.15, 0.2) is 5.78 Å². The predicted molar refractivity (Wildman–Crippen MR) is 95.8 cm³/mol. The van der Waals surface area contributed by atoms with Crippen LogP contribution in [0.5, 0.6) is 0 Å². The maximum atomic E-state index is 12.9. The van der Waals surface area contributed by atoms with Crippen LogP contribution in [0, 0.1) is 28.1 Å². The van der Waals surface area contributed by atoms with Gasteiger partial charge in [0, 0.05) is 23.0 Å². The molecule has 1 N–H and O–H groups in total. The molecule has 4 nitrogen and oxygen atoms in total. The van der Waals surface area contributed by atoms with E-state index in [-0.39, 0.29) is 34.1 Å². The molecule has 3 aliphatic carbocycles. The molecule has 0 aliphatic heterocycles. The first-order chi connectivity index (χ1) is 11.5. The van der Waals surface area contributed by atoms with E-state index in [1.54, 1.807) is 6.92 Å². The van der Waals surface area contributed by atoms with E-state index in [4.69, 9.17) is 4.74 Å². The highest BCUT2D eigenvalue weighted by Crippen LogP contribution is 2.69. The molecule has 0 unspecified atom stereocenters. The van der Waals surface area contributed by atoms with E-state index < -0.39 is 5.97 Å². The first-order valence-corrected chi connectivity index (χ1v) is 9.51. The quantitative estimate of drug-likeness (QED) is 0.580. The van der Waals surface area contributed by atoms with Gasteiger partial charge in [0.05, 0.1) is 13.2 Å². The molecular weight excluding hydrogens is 316 g/mol. The lowest BCUT2D eigenvalue weighted by atomic mass is 9.43. The van der Waals surface area contributed by atoms with Crippen molar-refractivity contribution in [2.75, 3.05) is 7.11 Å². The molecule has 4 heteroatoms. The lowest BCUT2D eigenvalue weighted by Crippen LogP contribution is -2.57. The molecule has 0 heterocycles. The van der Waals surface area contributed by atoms with Crippen molar-refractivity contribution in [3.05, 3.63) is 11.1 Å². The van der Waals surface area contributed by atoms with Crippen LogP contribution in [0.3, 0.4) is 0 Å². The van der Waals surface area contributed by atoms with Crippen LogP contribution >= 0.6 is 0 Å². The molecule has 0 spiro atoms. The summed E-state index contributed by atoms with van der Waals surface area (Å²) < 4.78 is 4.89. The van der Waals surface area contributed by atoms with Gasteiger partial charge in [-0.1, -0.05) is 27.7 Å². The molecule has 0 aromatic rings. The average molecular weight is 348 g/mol. The van der Waals surface area contributed by atoms with Crippen LogP contribution in [0.4, 0.5) is 0 Å². The van der Waals surface area contributed by atoms with Gasteiger partial charge in [-0.15, -0.1) is 0 Å². The Hall–Kier alpha value is -1.16. The molecule has 25 heavy (non-hydrogen) atoms. The van der Waals surface area contributed by atoms with Crippen LogP contribution in [-0.2, 0) is 14.3 Å². The minimum Gasteiger partial charge on any atom is -0.466 e. The number of hydrogen-bond acceptors (Lipinski definition) is 4. The fourth-order valence-corrected chi connectivity index (χ4v) is 6.80. The highest BCUT2D eigenvalue weighted by molar-refractivity contribution is 6.06. The molecule has 0 amide bonds. The first-order valence-electron chi connectivity index (χ1n) is 9.51. The summed E-state index contributed by atoms with van der Waals surface area (Å²) in [5.41, 5.74) is 0.798. The third-order valence-corrected chi connectivity index (χ3v) is 8.13. The number of ether oxygens (including phenoxy) is 1. The second kappa shape index (κ2) is 5.67. The average Bonchev–Trinajstić information content (AvgIpc) is 2.82. The van der Waals surface area contributed by atoms with Gasteiger partial charge in [0.2, 0.25) is 0 Å². The number of aliphatic hydroxyl groups is 1. The Kier molecular flexibility index (Phi) is 4.22. The Morgan fingerprint density at radius 1 is 1.12 bits per heavy atom. The summed E-state index contributed by atoms with van der Waals surface area (Å²) in [6, 6.07) is 0. The van der Waals surface area contributed by atoms with Gasteiger partial charge >= 0.3 is 5.97 Å². The molecular formula is C21H32O4. The Labute approximate surface area is 151 Å². The minimum absolute atomic E-state index is 0.0174. The van der Waals surface area contributed by atoms with Crippen molar-refractivity contribution in [3.63, 3.8) is 0 Å². The van der Waals surface area contributed by atoms with Crippen molar-refractivity contribution < 1.29 is 19.4 Å². The molecule has 3 fully saturated rings. The lowest BCUT2D eigenvalue weighted by molar-refractivity contribution is -0.158. The van der Waals surface area contributed by atoms with E-state index in [1.807, 2.05) is 0 Å². The smallest absolute Gasteiger partial charge is 0.333 e. The monoisotopic (exact) mass is 348 g/mol. The van der Waals surface area contributed by atoms with Crippen molar-refractivity contribution in [1.82, 2.24) is 0 Å². The number of carbonyl (C=O) groups excluding carboxylic acids is 2. The molecule has 0 bridgehead atoms. The number of Topliss-reactive ketones (excluding diaryl/α,β-unsaturated/α-hetero) is 1. The van der Waals surface area contributed by atoms with Gasteiger partial charge in [-0.3, -0.25) is 4.79 Å². The topological polar surface area (TPSA) is 63.6 Å². The summed E-state index contributed by atoms with van der Waals surface area (Å²) >= 11 is 0. The van der Waals surface area contributed by atoms with Gasteiger partial charge in [-0.05, 0) is 55.3 Å². The van der Waals surface area contributed by atoms with E-state index in [9.17, 15) is 14.7 Å². The van der Waals surface area contributed by atoms with Gasteiger partial charge in [-0.2, -0.15) is 0 Å². The number of fused-ring (bicyclic) bond motifs is 3. The number of carbonyl (C=O) groups is 2. The summed E-state index contributed by atoms with van der Waals surface area (Å²) in [6.45, 7) is 10.6. The number of hydrogen-bond donors (Lipinski definition) is 1. The standard InChI is InChI=1S/C21H32O4/c1-12(18(24)25-6)17-13(22)11-15-20(4)10-8-16(23)19(2,3)14(20)7-9-21(15,17)5/h14-16,23H,7-11H2,1-6H3/b17-12+/t14-,15-,16-,20-,21-/m0/s1. The normalized spacial score (nSPS) is 44.8. The number of esters is 1. The van der Waals surface area contributed by atoms with E-state index >= 15 is 0 Å². The molecule has 5 atom stereocenters. The number of rotatable bonds is 1. The van der Waals surface area contributed by atoms with Crippen molar-refractivity contribution in [3.8, 4) is 0 Å². The molecule has 0 radical (unpaired) electrons. The highest BCUT2D eigenvalue weighted by atomic mass is 16.5. The summed E-state index contributed by atoms with van der Waals surface area (Å²) in [6.07, 6.45) is 3.84. The fraction of sp³-hybridized carbons (Fsp3) is 0.810. The van der Waals surface area contributed by atoms with E-state index in [0.29, 0.717) is 23.5 Å². The Morgan fingerprint density at radius 3 is 2.36 bits per heavy atom. The van der Waals surface area contributed by atoms with Crippen molar-refractivity contribution >= 4 is 11.8 Å². The molecule has 140 valence electrons. The van der Waals surface area contributed by atoms with Crippen LogP contribution in [-0.4, -0.2) is 30.1 Å². The molecule has 3 saturated carbocycles. The SMILES string of the molecule is COC(=O)/C(C)=C1\C(=O)C[C@H]2[C@@]3(C)CC[C@H](O)C(C)(C)[C@@H]3CC[C@]12C. The summed E-state index contributed by atoms with van der Waals surface area (Å²) in [5, 5.41) is 10.6. The number of ketones is 1. The highest BCUT2D eigenvalue weighted by Gasteiger charge is 2.64. The molecule has 0 saturated heterocycles. The van der Waals surface area contributed by atoms with Crippen LogP contribution < -0.4 is 0 Å². The lowest BCUT2D eigenvalue weighted by Gasteiger charge is -2.62. The maximum Gasteiger partial charge on any atom is 0.333 e.